The summed E-state index contributed by atoms with van der Waals surface area (Å²) in [5.41, 5.74) is 4.29. The minimum Gasteiger partial charge on any atom is -0.343 e. The Kier molecular flexibility index (Phi) is 8.00. The van der Waals surface area contributed by atoms with E-state index in [0.717, 1.165) is 61.9 Å². The van der Waals surface area contributed by atoms with Gasteiger partial charge < -0.3 is 14.4 Å². The molecular formula is C32H42FN5O2. The quantitative estimate of drug-likeness (QED) is 0.414. The van der Waals surface area contributed by atoms with Crippen molar-refractivity contribution in [3.05, 3.63) is 59.3 Å². The summed E-state index contributed by atoms with van der Waals surface area (Å²) in [7, 11) is 1.75. The average Bonchev–Trinajstić information content (AvgIpc) is 3.28. The van der Waals surface area contributed by atoms with E-state index in [9.17, 15) is 14.0 Å². The first-order valence-electron chi connectivity index (χ1n) is 14.6. The smallest absolute Gasteiger partial charge is 0.256 e. The first kappa shape index (κ1) is 28.3. The van der Waals surface area contributed by atoms with Crippen LogP contribution in [0.1, 0.15) is 62.0 Å². The van der Waals surface area contributed by atoms with Crippen molar-refractivity contribution in [1.82, 2.24) is 24.3 Å². The highest BCUT2D eigenvalue weighted by molar-refractivity contribution is 5.99. The second kappa shape index (κ2) is 11.3. The van der Waals surface area contributed by atoms with Gasteiger partial charge in [-0.2, -0.15) is 0 Å². The molecule has 40 heavy (non-hydrogen) atoms. The number of hydrogen-bond acceptors (Lipinski definition) is 4. The minimum atomic E-state index is -0.425. The van der Waals surface area contributed by atoms with Crippen molar-refractivity contribution in [3.63, 3.8) is 0 Å². The number of fused-ring (bicyclic) bond motifs is 1. The number of piperidine rings is 1. The van der Waals surface area contributed by atoms with Gasteiger partial charge in [-0.3, -0.25) is 19.5 Å². The molecule has 0 spiro atoms. The number of nitrogens with zero attached hydrogens (tertiary/aromatic N) is 5. The van der Waals surface area contributed by atoms with E-state index < -0.39 is 5.82 Å². The maximum absolute atomic E-state index is 14.4. The Labute approximate surface area is 236 Å². The molecule has 2 amide bonds. The average molecular weight is 548 g/mol. The van der Waals surface area contributed by atoms with Crippen molar-refractivity contribution < 1.29 is 14.0 Å². The van der Waals surface area contributed by atoms with Gasteiger partial charge in [0.2, 0.25) is 5.91 Å². The van der Waals surface area contributed by atoms with E-state index in [2.05, 4.69) is 29.9 Å². The number of pyridine rings is 1. The Hall–Kier alpha value is -3.26. The Morgan fingerprint density at radius 2 is 1.82 bits per heavy atom. The summed E-state index contributed by atoms with van der Waals surface area (Å²) in [6, 6.07) is 4.98. The summed E-state index contributed by atoms with van der Waals surface area (Å²) in [6.07, 6.45) is 8.96. The van der Waals surface area contributed by atoms with Crippen LogP contribution in [0.2, 0.25) is 0 Å². The van der Waals surface area contributed by atoms with E-state index in [4.69, 9.17) is 0 Å². The van der Waals surface area contributed by atoms with Crippen LogP contribution in [-0.2, 0) is 11.2 Å². The molecule has 0 saturated carbocycles. The van der Waals surface area contributed by atoms with Gasteiger partial charge in [-0.25, -0.2) is 4.39 Å². The lowest BCUT2D eigenvalue weighted by Crippen LogP contribution is -2.55. The largest absolute Gasteiger partial charge is 0.343 e. The van der Waals surface area contributed by atoms with E-state index in [0.29, 0.717) is 29.1 Å². The second-order valence-corrected chi connectivity index (χ2v) is 12.2. The molecule has 3 aromatic rings. The van der Waals surface area contributed by atoms with Gasteiger partial charge in [-0.1, -0.05) is 0 Å². The molecule has 5 rings (SSSR count). The lowest BCUT2D eigenvalue weighted by atomic mass is 9.84. The Balaban J connectivity index is 1.37. The van der Waals surface area contributed by atoms with Crippen molar-refractivity contribution in [1.29, 1.82) is 0 Å². The second-order valence-electron chi connectivity index (χ2n) is 12.2. The molecule has 0 radical (unpaired) electrons. The Morgan fingerprint density at radius 3 is 2.48 bits per heavy atom. The first-order valence-corrected chi connectivity index (χ1v) is 14.6. The number of carbonyl (C=O) groups is 2. The lowest BCUT2D eigenvalue weighted by molar-refractivity contribution is -0.130. The van der Waals surface area contributed by atoms with E-state index >= 15 is 0 Å². The molecule has 1 aromatic carbocycles. The van der Waals surface area contributed by atoms with Crippen LogP contribution in [0.15, 0.2) is 36.8 Å². The predicted octanol–water partition coefficient (Wildman–Crippen LogP) is 5.07. The first-order chi connectivity index (χ1) is 19.0. The number of hydrogen-bond donors (Lipinski definition) is 0. The third kappa shape index (κ3) is 5.38. The highest BCUT2D eigenvalue weighted by Crippen LogP contribution is 2.34. The number of aryl methyl sites for hydroxylation is 1. The molecule has 2 aliphatic rings. The standard InChI is InChI=1S/C32H42FN5O2/c1-20(2)35(6)32(40)28-14-27(33)7-8-29(28)38-19-26(31-21(3)15-34-16-30(31)38)13-24-17-37(18-24)22(4)25-9-11-36(12-10-25)23(5)39/h7-8,14-16,19-20,22,24-25H,9-13,17-18H2,1-6H3/t22-/m1/s1. The molecule has 0 unspecified atom stereocenters. The van der Waals surface area contributed by atoms with Gasteiger partial charge in [0.25, 0.3) is 5.91 Å². The summed E-state index contributed by atoms with van der Waals surface area (Å²) in [5, 5.41) is 1.16. The van der Waals surface area contributed by atoms with Crippen LogP contribution >= 0.6 is 0 Å². The highest BCUT2D eigenvalue weighted by atomic mass is 19.1. The van der Waals surface area contributed by atoms with Crippen LogP contribution in [0.5, 0.6) is 0 Å². The fraction of sp³-hybridized carbons (Fsp3) is 0.531. The third-order valence-electron chi connectivity index (χ3n) is 9.26. The van der Waals surface area contributed by atoms with Crippen molar-refractivity contribution in [2.75, 3.05) is 33.2 Å². The molecule has 2 saturated heterocycles. The summed E-state index contributed by atoms with van der Waals surface area (Å²) >= 11 is 0. The topological polar surface area (TPSA) is 61.7 Å². The number of halogens is 1. The van der Waals surface area contributed by atoms with Gasteiger partial charge in [0, 0.05) is 70.0 Å². The van der Waals surface area contributed by atoms with Crippen molar-refractivity contribution in [2.24, 2.45) is 11.8 Å². The van der Waals surface area contributed by atoms with E-state index in [1.54, 1.807) is 24.9 Å². The normalized spacial score (nSPS) is 17.9. The van der Waals surface area contributed by atoms with Crippen LogP contribution in [-0.4, -0.2) is 81.4 Å². The predicted molar refractivity (Wildman–Crippen MR) is 156 cm³/mol. The van der Waals surface area contributed by atoms with Crippen LogP contribution in [0, 0.1) is 24.6 Å². The van der Waals surface area contributed by atoms with Gasteiger partial charge >= 0.3 is 0 Å². The zero-order valence-corrected chi connectivity index (χ0v) is 24.7. The van der Waals surface area contributed by atoms with Crippen molar-refractivity contribution in [2.45, 2.75) is 66.0 Å². The number of likely N-dealkylation sites (tertiary alicyclic amines) is 2. The van der Waals surface area contributed by atoms with Crippen LogP contribution < -0.4 is 0 Å². The SMILES string of the molecule is CC(=O)N1CCC([C@@H](C)N2CC(Cc3cn(-c4ccc(F)cc4C(=O)N(C)C(C)C)c4cncc(C)c34)C2)CC1. The number of aromatic nitrogens is 2. The number of carbonyl (C=O) groups excluding carboxylic acids is 2. The minimum absolute atomic E-state index is 0.00451. The molecule has 2 fully saturated rings. The zero-order valence-electron chi connectivity index (χ0n) is 24.7. The van der Waals surface area contributed by atoms with Gasteiger partial charge in [0.15, 0.2) is 0 Å². The Morgan fingerprint density at radius 1 is 1.12 bits per heavy atom. The zero-order chi connectivity index (χ0) is 28.7. The van der Waals surface area contributed by atoms with Gasteiger partial charge in [0.05, 0.1) is 23.0 Å². The molecule has 214 valence electrons. The summed E-state index contributed by atoms with van der Waals surface area (Å²) in [5.74, 6) is 0.735. The molecule has 0 aliphatic carbocycles. The fourth-order valence-corrected chi connectivity index (χ4v) is 6.49. The molecular weight excluding hydrogens is 505 g/mol. The molecule has 0 bridgehead atoms. The fourth-order valence-electron chi connectivity index (χ4n) is 6.49. The highest BCUT2D eigenvalue weighted by Gasteiger charge is 2.36. The van der Waals surface area contributed by atoms with E-state index in [1.807, 2.05) is 35.7 Å². The maximum Gasteiger partial charge on any atom is 0.256 e. The van der Waals surface area contributed by atoms with Gasteiger partial charge in [-0.15, -0.1) is 0 Å². The van der Waals surface area contributed by atoms with Crippen LogP contribution in [0.4, 0.5) is 4.39 Å². The molecule has 2 aliphatic heterocycles. The molecule has 4 heterocycles. The van der Waals surface area contributed by atoms with Crippen molar-refractivity contribution >= 4 is 22.7 Å². The lowest BCUT2D eigenvalue weighted by Gasteiger charge is -2.47. The summed E-state index contributed by atoms with van der Waals surface area (Å²) in [6.45, 7) is 13.8. The van der Waals surface area contributed by atoms with Gasteiger partial charge in [0.1, 0.15) is 5.82 Å². The maximum atomic E-state index is 14.4. The van der Waals surface area contributed by atoms with E-state index in [-0.39, 0.29) is 17.9 Å². The van der Waals surface area contributed by atoms with Crippen molar-refractivity contribution in [3.8, 4) is 5.69 Å². The molecule has 0 N–H and O–H groups in total. The molecule has 1 atom stereocenters. The Bertz CT molecular complexity index is 1400. The van der Waals surface area contributed by atoms with Gasteiger partial charge in [-0.05, 0) is 88.1 Å². The third-order valence-corrected chi connectivity index (χ3v) is 9.26. The van der Waals surface area contributed by atoms with Crippen LogP contribution in [0.25, 0.3) is 16.6 Å². The van der Waals surface area contributed by atoms with E-state index in [1.165, 1.54) is 17.7 Å². The number of amides is 2. The summed E-state index contributed by atoms with van der Waals surface area (Å²) in [4.78, 5) is 35.7. The molecule has 2 aromatic heterocycles. The number of rotatable bonds is 7. The molecule has 7 nitrogen and oxygen atoms in total. The monoisotopic (exact) mass is 547 g/mol. The van der Waals surface area contributed by atoms with Crippen LogP contribution in [0.3, 0.4) is 0 Å². The number of benzene rings is 1. The summed E-state index contributed by atoms with van der Waals surface area (Å²) < 4.78 is 16.4. The molecule has 8 heteroatoms.